The zero-order chi connectivity index (χ0) is 19.5. The molecule has 1 aliphatic heterocycles. The van der Waals surface area contributed by atoms with Gasteiger partial charge in [0.25, 0.3) is 5.91 Å². The first-order valence-electron chi connectivity index (χ1n) is 10.3. The van der Waals surface area contributed by atoms with Crippen LogP contribution in [0.1, 0.15) is 59.3 Å². The number of likely N-dealkylation sites (tertiary alicyclic amines) is 1. The van der Waals surface area contributed by atoms with Crippen LogP contribution in [0.5, 0.6) is 0 Å². The molecule has 1 aromatic heterocycles. The molecular weight excluding hydrogens is 348 g/mol. The Labute approximate surface area is 165 Å². The number of amides is 1. The van der Waals surface area contributed by atoms with Gasteiger partial charge in [-0.2, -0.15) is 5.10 Å². The molecule has 0 aliphatic carbocycles. The molecule has 0 unspecified atom stereocenters. The number of H-pyrrole nitrogens is 1. The summed E-state index contributed by atoms with van der Waals surface area (Å²) in [7, 11) is 0. The molecule has 5 nitrogen and oxygen atoms in total. The summed E-state index contributed by atoms with van der Waals surface area (Å²) in [6, 6.07) is 14.3. The van der Waals surface area contributed by atoms with Crippen LogP contribution < -0.4 is 5.73 Å². The Bertz CT molecular complexity index is 970. The molecule has 3 aromatic rings. The maximum Gasteiger partial charge on any atom is 0.253 e. The van der Waals surface area contributed by atoms with E-state index in [0.29, 0.717) is 12.5 Å². The van der Waals surface area contributed by atoms with Gasteiger partial charge >= 0.3 is 0 Å². The maximum absolute atomic E-state index is 13.1. The number of benzene rings is 2. The quantitative estimate of drug-likeness (QED) is 0.707. The lowest BCUT2D eigenvalue weighted by atomic mass is 9.86. The van der Waals surface area contributed by atoms with Gasteiger partial charge in [-0.15, -0.1) is 0 Å². The minimum atomic E-state index is 0.121. The van der Waals surface area contributed by atoms with Crippen molar-refractivity contribution in [3.8, 4) is 0 Å². The molecule has 28 heavy (non-hydrogen) atoms. The van der Waals surface area contributed by atoms with Crippen molar-refractivity contribution in [2.75, 3.05) is 13.1 Å². The molecule has 5 heteroatoms. The molecule has 0 saturated carbocycles. The lowest BCUT2D eigenvalue weighted by Crippen LogP contribution is -2.38. The number of nitrogens with one attached hydrogen (secondary N) is 1. The van der Waals surface area contributed by atoms with Crippen LogP contribution in [0.3, 0.4) is 0 Å². The first-order valence-corrected chi connectivity index (χ1v) is 10.3. The predicted octanol–water partition coefficient (Wildman–Crippen LogP) is 3.99. The fourth-order valence-electron chi connectivity index (χ4n) is 4.33. The summed E-state index contributed by atoms with van der Waals surface area (Å²) < 4.78 is 0. The van der Waals surface area contributed by atoms with E-state index in [4.69, 9.17) is 5.73 Å². The maximum atomic E-state index is 13.1. The second-order valence-corrected chi connectivity index (χ2v) is 7.65. The SMILES string of the molecule is CCCc1[nH]nc2ccc(C(=O)N3CCC(c4ccccc4CN)CC3)cc12. The molecule has 0 bridgehead atoms. The molecule has 2 aromatic carbocycles. The Morgan fingerprint density at radius 1 is 1.21 bits per heavy atom. The van der Waals surface area contributed by atoms with Gasteiger partial charge in [-0.25, -0.2) is 0 Å². The van der Waals surface area contributed by atoms with Crippen LogP contribution in [0.2, 0.25) is 0 Å². The molecule has 1 amide bonds. The van der Waals surface area contributed by atoms with Crippen LogP contribution in [0.4, 0.5) is 0 Å². The van der Waals surface area contributed by atoms with Crippen LogP contribution in [-0.2, 0) is 13.0 Å². The van der Waals surface area contributed by atoms with E-state index in [9.17, 15) is 4.79 Å². The van der Waals surface area contributed by atoms with Crippen molar-refractivity contribution in [2.45, 2.75) is 45.1 Å². The highest BCUT2D eigenvalue weighted by molar-refractivity contribution is 5.98. The fraction of sp³-hybridized carbons (Fsp3) is 0.391. The molecule has 146 valence electrons. The van der Waals surface area contributed by atoms with E-state index >= 15 is 0 Å². The minimum Gasteiger partial charge on any atom is -0.339 e. The summed E-state index contributed by atoms with van der Waals surface area (Å²) in [6.07, 6.45) is 3.96. The second kappa shape index (κ2) is 8.15. The summed E-state index contributed by atoms with van der Waals surface area (Å²) in [5.74, 6) is 0.604. The van der Waals surface area contributed by atoms with Gasteiger partial charge in [0, 0.05) is 36.3 Å². The summed E-state index contributed by atoms with van der Waals surface area (Å²) in [4.78, 5) is 15.1. The molecule has 1 fully saturated rings. The van der Waals surface area contributed by atoms with Crippen molar-refractivity contribution in [2.24, 2.45) is 5.73 Å². The predicted molar refractivity (Wildman–Crippen MR) is 112 cm³/mol. The number of carbonyl (C=O) groups is 1. The smallest absolute Gasteiger partial charge is 0.253 e. The molecule has 3 N–H and O–H groups in total. The number of aryl methyl sites for hydroxylation is 1. The van der Waals surface area contributed by atoms with E-state index in [-0.39, 0.29) is 5.91 Å². The minimum absolute atomic E-state index is 0.121. The average molecular weight is 377 g/mol. The third-order valence-electron chi connectivity index (χ3n) is 5.88. The third kappa shape index (κ3) is 3.54. The highest BCUT2D eigenvalue weighted by atomic mass is 16.2. The molecule has 0 radical (unpaired) electrons. The van der Waals surface area contributed by atoms with Gasteiger partial charge in [0.05, 0.1) is 5.52 Å². The summed E-state index contributed by atoms with van der Waals surface area (Å²) in [5, 5.41) is 8.53. The summed E-state index contributed by atoms with van der Waals surface area (Å²) >= 11 is 0. The van der Waals surface area contributed by atoms with Crippen molar-refractivity contribution in [3.63, 3.8) is 0 Å². The van der Waals surface area contributed by atoms with Crippen molar-refractivity contribution in [1.82, 2.24) is 15.1 Å². The third-order valence-corrected chi connectivity index (χ3v) is 5.88. The van der Waals surface area contributed by atoms with E-state index < -0.39 is 0 Å². The number of nitrogens with two attached hydrogens (primary N) is 1. The van der Waals surface area contributed by atoms with E-state index in [1.165, 1.54) is 11.1 Å². The van der Waals surface area contributed by atoms with Crippen molar-refractivity contribution < 1.29 is 4.79 Å². The Kier molecular flexibility index (Phi) is 5.44. The Morgan fingerprint density at radius 3 is 2.75 bits per heavy atom. The molecule has 0 atom stereocenters. The largest absolute Gasteiger partial charge is 0.339 e. The molecular formula is C23H28N4O. The van der Waals surface area contributed by atoms with Gasteiger partial charge in [-0.05, 0) is 54.5 Å². The monoisotopic (exact) mass is 376 g/mol. The zero-order valence-electron chi connectivity index (χ0n) is 16.4. The second-order valence-electron chi connectivity index (χ2n) is 7.65. The number of carbonyl (C=O) groups excluding carboxylic acids is 1. The summed E-state index contributed by atoms with van der Waals surface area (Å²) in [6.45, 7) is 4.29. The molecule has 2 heterocycles. The number of hydrogen-bond acceptors (Lipinski definition) is 3. The first-order chi connectivity index (χ1) is 13.7. The average Bonchev–Trinajstić information content (AvgIpc) is 3.16. The van der Waals surface area contributed by atoms with Gasteiger partial charge in [-0.1, -0.05) is 37.6 Å². The number of nitrogens with zero attached hydrogens (tertiary/aromatic N) is 2. The van der Waals surface area contributed by atoms with Crippen molar-refractivity contribution in [1.29, 1.82) is 0 Å². The fourth-order valence-corrected chi connectivity index (χ4v) is 4.33. The Morgan fingerprint density at radius 2 is 2.00 bits per heavy atom. The lowest BCUT2D eigenvalue weighted by molar-refractivity contribution is 0.0713. The highest BCUT2D eigenvalue weighted by Gasteiger charge is 2.26. The number of aromatic nitrogens is 2. The normalized spacial score (nSPS) is 15.3. The van der Waals surface area contributed by atoms with E-state index in [0.717, 1.165) is 60.9 Å². The van der Waals surface area contributed by atoms with Crippen LogP contribution in [0.25, 0.3) is 10.9 Å². The number of fused-ring (bicyclic) bond motifs is 1. The van der Waals surface area contributed by atoms with Crippen molar-refractivity contribution in [3.05, 3.63) is 64.8 Å². The number of hydrogen-bond donors (Lipinski definition) is 2. The van der Waals surface area contributed by atoms with Crippen LogP contribution in [0.15, 0.2) is 42.5 Å². The first kappa shape index (κ1) is 18.7. The number of piperidine rings is 1. The van der Waals surface area contributed by atoms with Gasteiger partial charge in [0.2, 0.25) is 0 Å². The van der Waals surface area contributed by atoms with E-state index in [1.807, 2.05) is 29.2 Å². The zero-order valence-corrected chi connectivity index (χ0v) is 16.4. The topological polar surface area (TPSA) is 75.0 Å². The van der Waals surface area contributed by atoms with Crippen LogP contribution in [0, 0.1) is 0 Å². The van der Waals surface area contributed by atoms with Crippen molar-refractivity contribution >= 4 is 16.8 Å². The van der Waals surface area contributed by atoms with Gasteiger partial charge < -0.3 is 10.6 Å². The number of rotatable bonds is 5. The van der Waals surface area contributed by atoms with E-state index in [2.05, 4.69) is 35.3 Å². The molecule has 0 spiro atoms. The summed E-state index contributed by atoms with van der Waals surface area (Å²) in [5.41, 5.74) is 11.3. The van der Waals surface area contributed by atoms with Gasteiger partial charge in [0.15, 0.2) is 0 Å². The number of aromatic amines is 1. The standard InChI is InChI=1S/C23H28N4O/c1-2-5-21-20-14-17(8-9-22(20)26-25-21)23(28)27-12-10-16(11-13-27)19-7-4-3-6-18(19)15-24/h3-4,6-9,14,16H,2,5,10-13,15,24H2,1H3,(H,25,26). The van der Waals surface area contributed by atoms with Crippen LogP contribution >= 0.6 is 0 Å². The highest BCUT2D eigenvalue weighted by Crippen LogP contribution is 2.31. The van der Waals surface area contributed by atoms with Gasteiger partial charge in [0.1, 0.15) is 0 Å². The van der Waals surface area contributed by atoms with E-state index in [1.54, 1.807) is 0 Å². The molecule has 1 saturated heterocycles. The molecule has 4 rings (SSSR count). The van der Waals surface area contributed by atoms with Gasteiger partial charge in [-0.3, -0.25) is 9.89 Å². The Balaban J connectivity index is 1.48. The molecule has 1 aliphatic rings. The lowest BCUT2D eigenvalue weighted by Gasteiger charge is -2.33. The Hall–Kier alpha value is -2.66. The van der Waals surface area contributed by atoms with Crippen LogP contribution in [-0.4, -0.2) is 34.1 Å².